The van der Waals surface area contributed by atoms with Crippen LogP contribution in [0.3, 0.4) is 0 Å². The molecule has 0 saturated heterocycles. The van der Waals surface area contributed by atoms with Crippen LogP contribution in [0, 0.1) is 6.92 Å². The Morgan fingerprint density at radius 1 is 1.19 bits per heavy atom. The monoisotopic (exact) mass is 388 g/mol. The molecule has 27 heavy (non-hydrogen) atoms. The van der Waals surface area contributed by atoms with Crippen LogP contribution < -0.4 is 0 Å². The lowest BCUT2D eigenvalue weighted by Gasteiger charge is -2.09. The van der Waals surface area contributed by atoms with E-state index in [-0.39, 0.29) is 5.78 Å². The number of nitrogens with zero attached hydrogens (tertiary/aromatic N) is 2. The first kappa shape index (κ1) is 16.5. The molecule has 2 aromatic heterocycles. The van der Waals surface area contributed by atoms with Gasteiger partial charge in [-0.1, -0.05) is 18.2 Å². The number of hydrogen-bond donors (Lipinski definition) is 0. The summed E-state index contributed by atoms with van der Waals surface area (Å²) >= 11 is 3.31. The van der Waals surface area contributed by atoms with Gasteiger partial charge in [-0.25, -0.2) is 4.98 Å². The van der Waals surface area contributed by atoms with E-state index in [4.69, 9.17) is 0 Å². The molecule has 4 aromatic rings. The minimum atomic E-state index is 0.106. The summed E-state index contributed by atoms with van der Waals surface area (Å²) in [6.45, 7) is 2.63. The Hall–Kier alpha value is -2.63. The summed E-state index contributed by atoms with van der Waals surface area (Å²) in [5, 5.41) is 4.09. The van der Waals surface area contributed by atoms with Gasteiger partial charge in [0.25, 0.3) is 0 Å². The Morgan fingerprint density at radius 2 is 2.07 bits per heavy atom. The topological polar surface area (TPSA) is 42.3 Å². The first-order valence-electron chi connectivity index (χ1n) is 8.77. The molecule has 132 valence electrons. The third-order valence-corrected chi connectivity index (χ3v) is 6.87. The summed E-state index contributed by atoms with van der Waals surface area (Å²) in [6, 6.07) is 14.6. The number of thiazole rings is 1. The second-order valence-corrected chi connectivity index (χ2v) is 8.72. The van der Waals surface area contributed by atoms with Crippen molar-refractivity contribution in [3.8, 4) is 10.4 Å². The van der Waals surface area contributed by atoms with Gasteiger partial charge in [0.15, 0.2) is 5.78 Å². The molecule has 0 bridgehead atoms. The van der Waals surface area contributed by atoms with Crippen LogP contribution in [-0.2, 0) is 13.0 Å². The molecule has 1 aliphatic heterocycles. The van der Waals surface area contributed by atoms with Crippen molar-refractivity contribution in [2.45, 2.75) is 19.9 Å². The zero-order chi connectivity index (χ0) is 18.4. The molecule has 0 unspecified atom stereocenters. The highest BCUT2D eigenvalue weighted by Gasteiger charge is 2.19. The maximum atomic E-state index is 12.9. The summed E-state index contributed by atoms with van der Waals surface area (Å²) in [7, 11) is 0. The second kappa shape index (κ2) is 6.51. The van der Waals surface area contributed by atoms with Gasteiger partial charge in [-0.15, -0.1) is 22.7 Å². The number of ketones is 1. The molecule has 0 atom stereocenters. The predicted molar refractivity (Wildman–Crippen MR) is 113 cm³/mol. The largest absolute Gasteiger partial charge is 0.294 e. The highest BCUT2D eigenvalue weighted by molar-refractivity contribution is 7.22. The van der Waals surface area contributed by atoms with Gasteiger partial charge in [-0.2, -0.15) is 0 Å². The molecule has 0 N–H and O–H groups in total. The van der Waals surface area contributed by atoms with Crippen LogP contribution in [0.1, 0.15) is 32.2 Å². The Labute approximate surface area is 165 Å². The molecular weight excluding hydrogens is 372 g/mol. The number of aliphatic imine (C=N–C) groups is 1. The van der Waals surface area contributed by atoms with Crippen molar-refractivity contribution < 1.29 is 4.79 Å². The van der Waals surface area contributed by atoms with Crippen LogP contribution in [-0.4, -0.2) is 17.0 Å². The van der Waals surface area contributed by atoms with E-state index in [2.05, 4.69) is 40.3 Å². The van der Waals surface area contributed by atoms with Gasteiger partial charge >= 0.3 is 0 Å². The van der Waals surface area contributed by atoms with E-state index < -0.39 is 0 Å². The average Bonchev–Trinajstić information content (AvgIpc) is 3.39. The normalized spacial score (nSPS) is 12.6. The van der Waals surface area contributed by atoms with Crippen LogP contribution in [0.15, 0.2) is 52.8 Å². The van der Waals surface area contributed by atoms with Crippen molar-refractivity contribution in [3.63, 3.8) is 0 Å². The smallest absolute Gasteiger partial charge is 0.169 e. The van der Waals surface area contributed by atoms with Gasteiger partial charge in [-0.3, -0.25) is 9.79 Å². The number of carbonyl (C=O) groups is 1. The lowest BCUT2D eigenvalue weighted by molar-refractivity contribution is 0.0993. The highest BCUT2D eigenvalue weighted by Crippen LogP contribution is 2.38. The Bertz CT molecular complexity index is 1180. The summed E-state index contributed by atoms with van der Waals surface area (Å²) in [5.41, 5.74) is 5.11. The van der Waals surface area contributed by atoms with Gasteiger partial charge in [0.1, 0.15) is 5.01 Å². The minimum Gasteiger partial charge on any atom is -0.294 e. The van der Waals surface area contributed by atoms with Crippen LogP contribution in [0.4, 0.5) is 0 Å². The number of hydrogen-bond acceptors (Lipinski definition) is 5. The quantitative estimate of drug-likeness (QED) is 0.421. The molecule has 1 aliphatic rings. The molecule has 2 aromatic carbocycles. The van der Waals surface area contributed by atoms with E-state index in [1.807, 2.05) is 30.7 Å². The third-order valence-electron chi connectivity index (χ3n) is 4.76. The van der Waals surface area contributed by atoms with Gasteiger partial charge in [0.05, 0.1) is 13.0 Å². The average molecular weight is 389 g/mol. The lowest BCUT2D eigenvalue weighted by Crippen LogP contribution is -2.05. The Morgan fingerprint density at radius 3 is 2.89 bits per heavy atom. The number of aromatic nitrogens is 1. The predicted octanol–water partition coefficient (Wildman–Crippen LogP) is 5.69. The van der Waals surface area contributed by atoms with Crippen LogP contribution in [0.2, 0.25) is 0 Å². The molecule has 3 heterocycles. The minimum absolute atomic E-state index is 0.106. The van der Waals surface area contributed by atoms with Crippen LogP contribution >= 0.6 is 22.7 Å². The lowest BCUT2D eigenvalue weighted by atomic mass is 9.95. The SMILES string of the molecule is Cc1csc(CC(=O)c2cc3c(c(-c4cc5ccccc5s4)c2)CN=C3)n1. The fraction of sp³-hybridized carbons (Fsp3) is 0.136. The number of rotatable bonds is 4. The van der Waals surface area contributed by atoms with Crippen molar-refractivity contribution in [1.82, 2.24) is 4.98 Å². The van der Waals surface area contributed by atoms with Crippen molar-refractivity contribution in [2.24, 2.45) is 4.99 Å². The molecule has 0 fully saturated rings. The van der Waals surface area contributed by atoms with Crippen LogP contribution in [0.5, 0.6) is 0 Å². The van der Waals surface area contributed by atoms with E-state index in [1.54, 1.807) is 22.7 Å². The van der Waals surface area contributed by atoms with E-state index in [0.29, 0.717) is 13.0 Å². The van der Waals surface area contributed by atoms with Crippen molar-refractivity contribution in [3.05, 3.63) is 75.2 Å². The fourth-order valence-corrected chi connectivity index (χ4v) is 5.32. The van der Waals surface area contributed by atoms with Gasteiger partial charge in [0, 0.05) is 32.4 Å². The Balaban J connectivity index is 1.58. The summed E-state index contributed by atoms with van der Waals surface area (Å²) in [5.74, 6) is 0.106. The van der Waals surface area contributed by atoms with Gasteiger partial charge in [0.2, 0.25) is 0 Å². The maximum absolute atomic E-state index is 12.9. The molecule has 5 rings (SSSR count). The molecule has 0 aliphatic carbocycles. The fourth-order valence-electron chi connectivity index (χ4n) is 3.44. The summed E-state index contributed by atoms with van der Waals surface area (Å²) in [4.78, 5) is 23.0. The van der Waals surface area contributed by atoms with Gasteiger partial charge < -0.3 is 0 Å². The van der Waals surface area contributed by atoms with E-state index >= 15 is 0 Å². The number of Topliss-reactive ketones (excluding diaryl/α,β-unsaturated/α-hetero) is 1. The standard InChI is InChI=1S/C22H16N2OS2/c1-13-12-26-22(24-13)9-19(25)15-6-16-10-23-11-18(16)17(7-15)21-8-14-4-2-3-5-20(14)27-21/h2-8,10,12H,9,11H2,1H3. The molecule has 0 spiro atoms. The number of fused-ring (bicyclic) bond motifs is 2. The molecule has 0 radical (unpaired) electrons. The Kier molecular flexibility index (Phi) is 3.99. The zero-order valence-corrected chi connectivity index (χ0v) is 16.4. The summed E-state index contributed by atoms with van der Waals surface area (Å²) in [6.07, 6.45) is 2.23. The van der Waals surface area contributed by atoms with Crippen LogP contribution in [0.25, 0.3) is 20.5 Å². The van der Waals surface area contributed by atoms with E-state index in [1.165, 1.54) is 20.5 Å². The molecular formula is C22H16N2OS2. The van der Waals surface area contributed by atoms with Crippen molar-refractivity contribution >= 4 is 44.8 Å². The molecule has 0 amide bonds. The molecule has 3 nitrogen and oxygen atoms in total. The highest BCUT2D eigenvalue weighted by atomic mass is 32.1. The van der Waals surface area contributed by atoms with E-state index in [0.717, 1.165) is 27.4 Å². The summed E-state index contributed by atoms with van der Waals surface area (Å²) < 4.78 is 1.26. The number of aryl methyl sites for hydroxylation is 1. The first-order valence-corrected chi connectivity index (χ1v) is 10.5. The van der Waals surface area contributed by atoms with Gasteiger partial charge in [-0.05, 0) is 53.3 Å². The van der Waals surface area contributed by atoms with Crippen molar-refractivity contribution in [1.29, 1.82) is 0 Å². The molecule has 5 heteroatoms. The third kappa shape index (κ3) is 3.03. The number of thiophene rings is 1. The zero-order valence-electron chi connectivity index (χ0n) is 14.7. The van der Waals surface area contributed by atoms with Crippen molar-refractivity contribution in [2.75, 3.05) is 0 Å². The molecule has 0 saturated carbocycles. The number of benzene rings is 2. The number of carbonyl (C=O) groups excluding carboxylic acids is 1. The first-order chi connectivity index (χ1) is 13.2. The maximum Gasteiger partial charge on any atom is 0.169 e. The second-order valence-electron chi connectivity index (χ2n) is 6.69. The van der Waals surface area contributed by atoms with E-state index in [9.17, 15) is 4.79 Å².